The van der Waals surface area contributed by atoms with Crippen LogP contribution in [0.4, 0.5) is 0 Å². The van der Waals surface area contributed by atoms with E-state index in [2.05, 4.69) is 10.2 Å². The Morgan fingerprint density at radius 2 is 2.24 bits per heavy atom. The van der Waals surface area contributed by atoms with Gasteiger partial charge in [-0.3, -0.25) is 14.7 Å². The molecule has 6 nitrogen and oxygen atoms in total. The molecule has 1 aromatic rings. The number of carbonyl (C=O) groups is 2. The molecule has 0 bridgehead atoms. The summed E-state index contributed by atoms with van der Waals surface area (Å²) in [5, 5.41) is 15.3. The third-order valence-electron chi connectivity index (χ3n) is 2.65. The SMILES string of the molecule is CCN(CC(C)C(=O)O)C(=O)c1cn[nH]c1C. The van der Waals surface area contributed by atoms with Gasteiger partial charge in [0.25, 0.3) is 5.91 Å². The van der Waals surface area contributed by atoms with Gasteiger partial charge >= 0.3 is 5.97 Å². The van der Waals surface area contributed by atoms with Gasteiger partial charge in [-0.05, 0) is 13.8 Å². The van der Waals surface area contributed by atoms with E-state index in [1.807, 2.05) is 6.92 Å². The minimum Gasteiger partial charge on any atom is -0.481 e. The molecule has 94 valence electrons. The second-order valence-corrected chi connectivity index (χ2v) is 3.99. The highest BCUT2D eigenvalue weighted by molar-refractivity contribution is 5.95. The second-order valence-electron chi connectivity index (χ2n) is 3.99. The average molecular weight is 239 g/mol. The first-order valence-electron chi connectivity index (χ1n) is 5.49. The van der Waals surface area contributed by atoms with E-state index in [4.69, 9.17) is 5.11 Å². The van der Waals surface area contributed by atoms with Crippen LogP contribution < -0.4 is 0 Å². The van der Waals surface area contributed by atoms with Crippen molar-refractivity contribution in [1.29, 1.82) is 0 Å². The maximum absolute atomic E-state index is 12.1. The zero-order chi connectivity index (χ0) is 13.0. The first-order valence-corrected chi connectivity index (χ1v) is 5.49. The number of H-pyrrole nitrogens is 1. The highest BCUT2D eigenvalue weighted by atomic mass is 16.4. The number of hydrogen-bond acceptors (Lipinski definition) is 3. The molecule has 0 fully saturated rings. The van der Waals surface area contributed by atoms with E-state index in [0.717, 1.165) is 0 Å². The zero-order valence-electron chi connectivity index (χ0n) is 10.2. The first-order chi connectivity index (χ1) is 7.97. The van der Waals surface area contributed by atoms with Crippen LogP contribution in [0.2, 0.25) is 0 Å². The topological polar surface area (TPSA) is 86.3 Å². The number of carbonyl (C=O) groups excluding carboxylic acids is 1. The Kier molecular flexibility index (Phi) is 4.25. The maximum Gasteiger partial charge on any atom is 0.308 e. The lowest BCUT2D eigenvalue weighted by Crippen LogP contribution is -2.36. The van der Waals surface area contributed by atoms with Crippen molar-refractivity contribution >= 4 is 11.9 Å². The summed E-state index contributed by atoms with van der Waals surface area (Å²) in [6.45, 7) is 5.84. The van der Waals surface area contributed by atoms with Crippen molar-refractivity contribution in [2.75, 3.05) is 13.1 Å². The van der Waals surface area contributed by atoms with Gasteiger partial charge < -0.3 is 10.0 Å². The normalized spacial score (nSPS) is 12.2. The molecular formula is C11H17N3O3. The van der Waals surface area contributed by atoms with Crippen LogP contribution in [-0.4, -0.2) is 45.2 Å². The van der Waals surface area contributed by atoms with Crippen LogP contribution in [0.25, 0.3) is 0 Å². The Hall–Kier alpha value is -1.85. The van der Waals surface area contributed by atoms with Crippen LogP contribution in [-0.2, 0) is 4.79 Å². The molecule has 1 amide bonds. The number of rotatable bonds is 5. The van der Waals surface area contributed by atoms with E-state index in [1.165, 1.54) is 11.1 Å². The molecule has 0 aromatic carbocycles. The molecule has 1 atom stereocenters. The maximum atomic E-state index is 12.1. The third kappa shape index (κ3) is 3.05. The van der Waals surface area contributed by atoms with Crippen molar-refractivity contribution in [2.24, 2.45) is 5.92 Å². The predicted molar refractivity (Wildman–Crippen MR) is 61.7 cm³/mol. The number of carboxylic acids is 1. The molecule has 1 unspecified atom stereocenters. The number of aryl methyl sites for hydroxylation is 1. The summed E-state index contributed by atoms with van der Waals surface area (Å²) in [7, 11) is 0. The van der Waals surface area contributed by atoms with Crippen molar-refractivity contribution in [1.82, 2.24) is 15.1 Å². The molecule has 0 saturated carbocycles. The molecule has 6 heteroatoms. The minimum atomic E-state index is -0.903. The van der Waals surface area contributed by atoms with Gasteiger partial charge in [-0.1, -0.05) is 6.92 Å². The van der Waals surface area contributed by atoms with Crippen LogP contribution in [0, 0.1) is 12.8 Å². The van der Waals surface area contributed by atoms with Crippen molar-refractivity contribution < 1.29 is 14.7 Å². The highest BCUT2D eigenvalue weighted by Crippen LogP contribution is 2.09. The summed E-state index contributed by atoms with van der Waals surface area (Å²) in [4.78, 5) is 24.4. The minimum absolute atomic E-state index is 0.188. The Labute approximate surface area is 99.6 Å². The van der Waals surface area contributed by atoms with Crippen LogP contribution in [0.3, 0.4) is 0 Å². The van der Waals surface area contributed by atoms with Crippen LogP contribution in [0.5, 0.6) is 0 Å². The summed E-state index contributed by atoms with van der Waals surface area (Å²) >= 11 is 0. The van der Waals surface area contributed by atoms with Crippen molar-refractivity contribution in [3.63, 3.8) is 0 Å². The fourth-order valence-electron chi connectivity index (χ4n) is 1.50. The number of carboxylic acid groups (broad SMARTS) is 1. The molecule has 0 aliphatic heterocycles. The fraction of sp³-hybridized carbons (Fsp3) is 0.545. The fourth-order valence-corrected chi connectivity index (χ4v) is 1.50. The van der Waals surface area contributed by atoms with Gasteiger partial charge in [0.2, 0.25) is 0 Å². The van der Waals surface area contributed by atoms with Crippen molar-refractivity contribution in [3.05, 3.63) is 17.5 Å². The third-order valence-corrected chi connectivity index (χ3v) is 2.65. The number of amides is 1. The molecule has 2 N–H and O–H groups in total. The molecule has 0 aliphatic rings. The van der Waals surface area contributed by atoms with E-state index in [9.17, 15) is 9.59 Å². The van der Waals surface area contributed by atoms with Crippen LogP contribution in [0.1, 0.15) is 29.9 Å². The van der Waals surface area contributed by atoms with E-state index in [0.29, 0.717) is 17.8 Å². The Morgan fingerprint density at radius 3 is 2.65 bits per heavy atom. The Morgan fingerprint density at radius 1 is 1.59 bits per heavy atom. The zero-order valence-corrected chi connectivity index (χ0v) is 10.2. The first kappa shape index (κ1) is 13.2. The van der Waals surface area contributed by atoms with Gasteiger partial charge in [0, 0.05) is 18.8 Å². The Balaban J connectivity index is 2.78. The van der Waals surface area contributed by atoms with Crippen molar-refractivity contribution in [2.45, 2.75) is 20.8 Å². The second kappa shape index (κ2) is 5.47. The lowest BCUT2D eigenvalue weighted by atomic mass is 10.1. The van der Waals surface area contributed by atoms with Gasteiger partial charge in [-0.2, -0.15) is 5.10 Å². The van der Waals surface area contributed by atoms with E-state index in [1.54, 1.807) is 13.8 Å². The van der Waals surface area contributed by atoms with Gasteiger partial charge in [0.05, 0.1) is 17.7 Å². The van der Waals surface area contributed by atoms with Gasteiger partial charge in [0.1, 0.15) is 0 Å². The summed E-state index contributed by atoms with van der Waals surface area (Å²) < 4.78 is 0. The molecule has 1 rings (SSSR count). The van der Waals surface area contributed by atoms with Crippen LogP contribution in [0.15, 0.2) is 6.20 Å². The molecular weight excluding hydrogens is 222 g/mol. The lowest BCUT2D eigenvalue weighted by Gasteiger charge is -2.22. The molecule has 17 heavy (non-hydrogen) atoms. The van der Waals surface area contributed by atoms with Gasteiger partial charge in [-0.25, -0.2) is 0 Å². The van der Waals surface area contributed by atoms with Gasteiger partial charge in [-0.15, -0.1) is 0 Å². The molecule has 0 radical (unpaired) electrons. The molecule has 0 spiro atoms. The number of aromatic nitrogens is 2. The van der Waals surface area contributed by atoms with Gasteiger partial charge in [0.15, 0.2) is 0 Å². The summed E-state index contributed by atoms with van der Waals surface area (Å²) in [5.74, 6) is -1.67. The molecule has 0 saturated heterocycles. The molecule has 1 heterocycles. The molecule has 1 aromatic heterocycles. The van der Waals surface area contributed by atoms with Crippen molar-refractivity contribution in [3.8, 4) is 0 Å². The quantitative estimate of drug-likeness (QED) is 0.799. The lowest BCUT2D eigenvalue weighted by molar-refractivity contribution is -0.141. The summed E-state index contributed by atoms with van der Waals surface area (Å²) in [6, 6.07) is 0. The Bertz CT molecular complexity index is 414. The highest BCUT2D eigenvalue weighted by Gasteiger charge is 2.22. The standard InChI is InChI=1S/C11H17N3O3/c1-4-14(6-7(2)11(16)17)10(15)9-5-12-13-8(9)3/h5,7H,4,6H2,1-3H3,(H,12,13)(H,16,17). The number of nitrogens with zero attached hydrogens (tertiary/aromatic N) is 2. The monoisotopic (exact) mass is 239 g/mol. The van der Waals surface area contributed by atoms with E-state index < -0.39 is 11.9 Å². The number of hydrogen-bond donors (Lipinski definition) is 2. The largest absolute Gasteiger partial charge is 0.481 e. The number of aromatic amines is 1. The number of aliphatic carboxylic acids is 1. The van der Waals surface area contributed by atoms with E-state index >= 15 is 0 Å². The smallest absolute Gasteiger partial charge is 0.308 e. The summed E-state index contributed by atoms with van der Waals surface area (Å²) in [5.41, 5.74) is 1.18. The average Bonchev–Trinajstić information content (AvgIpc) is 2.70. The molecule has 0 aliphatic carbocycles. The predicted octanol–water partition coefficient (Wildman–Crippen LogP) is 0.901. The van der Waals surface area contributed by atoms with E-state index in [-0.39, 0.29) is 12.5 Å². The number of nitrogens with one attached hydrogen (secondary N) is 1. The summed E-state index contributed by atoms with van der Waals surface area (Å²) in [6.07, 6.45) is 1.46. The van der Waals surface area contributed by atoms with Crippen LogP contribution >= 0.6 is 0 Å².